The molecule has 0 aliphatic rings. The van der Waals surface area contributed by atoms with Gasteiger partial charge in [-0.05, 0) is 0 Å². The van der Waals surface area contributed by atoms with Crippen molar-refractivity contribution in [2.45, 2.75) is 23.0 Å². The topological polar surface area (TPSA) is 0 Å². The number of rotatable bonds is 3. The molecule has 2 aromatic heterocycles. The van der Waals surface area contributed by atoms with E-state index in [2.05, 4.69) is 47.3 Å². The molecule has 16 heavy (non-hydrogen) atoms. The van der Waals surface area contributed by atoms with Crippen LogP contribution in [-0.4, -0.2) is 28.7 Å². The van der Waals surface area contributed by atoms with E-state index < -0.39 is 28.7 Å². The quantitative estimate of drug-likeness (QED) is 0.728. The van der Waals surface area contributed by atoms with E-state index in [0.29, 0.717) is 0 Å². The second kappa shape index (κ2) is 5.42. The zero-order chi connectivity index (χ0) is 11.7. The molecular formula is C12H16Ge2S2. The maximum atomic E-state index is 2.43. The third-order valence-electron chi connectivity index (χ3n) is 2.44. The second-order valence-electron chi connectivity index (χ2n) is 4.33. The molecule has 0 aliphatic carbocycles. The fourth-order valence-electron chi connectivity index (χ4n) is 1.48. The van der Waals surface area contributed by atoms with Crippen LogP contribution in [0.5, 0.6) is 0 Å². The minimum absolute atomic E-state index is 0.864. The summed E-state index contributed by atoms with van der Waals surface area (Å²) >= 11 is 2.32. The third-order valence-corrected chi connectivity index (χ3v) is 14.8. The van der Waals surface area contributed by atoms with Crippen LogP contribution < -0.4 is 7.42 Å². The van der Waals surface area contributed by atoms with Crippen LogP contribution in [0, 0.1) is 0 Å². The Kier molecular flexibility index (Phi) is 4.38. The van der Waals surface area contributed by atoms with Crippen molar-refractivity contribution >= 4 is 58.8 Å². The summed E-state index contributed by atoms with van der Waals surface area (Å²) in [5, 5.41) is 0. The van der Waals surface area contributed by atoms with Crippen LogP contribution in [0.1, 0.15) is 0 Å². The fraction of sp³-hybridized carbons (Fsp3) is 0.333. The molecule has 0 N–H and O–H groups in total. The molecule has 0 unspecified atom stereocenters. The van der Waals surface area contributed by atoms with Gasteiger partial charge in [0.15, 0.2) is 0 Å². The Balaban J connectivity index is 2.28. The molecule has 0 fully saturated rings. The molecule has 0 amide bonds. The van der Waals surface area contributed by atoms with Gasteiger partial charge in [-0.3, -0.25) is 0 Å². The zero-order valence-electron chi connectivity index (χ0n) is 10.1. The van der Waals surface area contributed by atoms with Crippen molar-refractivity contribution in [2.24, 2.45) is 0 Å². The van der Waals surface area contributed by atoms with Crippen LogP contribution in [0.4, 0.5) is 0 Å². The van der Waals surface area contributed by atoms with Gasteiger partial charge in [-0.15, -0.1) is 0 Å². The van der Waals surface area contributed by atoms with Crippen LogP contribution in [-0.2, 0) is 0 Å². The number of thiophene rings is 2. The van der Waals surface area contributed by atoms with Gasteiger partial charge in [0.25, 0.3) is 0 Å². The first-order valence-corrected chi connectivity index (χ1v) is 17.5. The van der Waals surface area contributed by atoms with E-state index in [9.17, 15) is 0 Å². The van der Waals surface area contributed by atoms with Gasteiger partial charge in [0.2, 0.25) is 0 Å². The standard InChI is InChI=1S/C12H16Ge2S2/c1-13(2)11-7-5-9(15-11)10-6-8-12(16-10)14(3)4/h5-8H,1-4H3. The molecule has 0 nitrogen and oxygen atoms in total. The summed E-state index contributed by atoms with van der Waals surface area (Å²) in [6, 6.07) is 9.34. The average Bonchev–Trinajstić information content (AvgIpc) is 2.86. The van der Waals surface area contributed by atoms with Crippen molar-refractivity contribution in [1.82, 2.24) is 0 Å². The first kappa shape index (κ1) is 12.9. The molecule has 2 aromatic rings. The van der Waals surface area contributed by atoms with Crippen LogP contribution in [0.15, 0.2) is 24.3 Å². The van der Waals surface area contributed by atoms with Crippen LogP contribution in [0.2, 0.25) is 23.0 Å². The van der Waals surface area contributed by atoms with Crippen LogP contribution in [0.25, 0.3) is 9.75 Å². The minimum atomic E-state index is -0.864. The van der Waals surface area contributed by atoms with Crippen LogP contribution >= 0.6 is 22.7 Å². The van der Waals surface area contributed by atoms with Crippen molar-refractivity contribution in [3.63, 3.8) is 0 Å². The molecule has 0 saturated carbocycles. The summed E-state index contributed by atoms with van der Waals surface area (Å²) in [4.78, 5) is 2.97. The van der Waals surface area contributed by atoms with E-state index in [1.165, 1.54) is 9.75 Å². The van der Waals surface area contributed by atoms with E-state index in [4.69, 9.17) is 0 Å². The summed E-state index contributed by atoms with van der Waals surface area (Å²) in [6.45, 7) is 0. The van der Waals surface area contributed by atoms with Gasteiger partial charge in [0.05, 0.1) is 0 Å². The van der Waals surface area contributed by atoms with E-state index in [-0.39, 0.29) is 0 Å². The maximum absolute atomic E-state index is 2.43. The second-order valence-corrected chi connectivity index (χ2v) is 18.7. The van der Waals surface area contributed by atoms with Crippen molar-refractivity contribution in [2.75, 3.05) is 0 Å². The molecule has 0 bridgehead atoms. The van der Waals surface area contributed by atoms with E-state index in [1.807, 2.05) is 22.7 Å². The predicted molar refractivity (Wildman–Crippen MR) is 81.9 cm³/mol. The van der Waals surface area contributed by atoms with Crippen molar-refractivity contribution in [1.29, 1.82) is 0 Å². The molecule has 2 heterocycles. The number of hydrogen-bond donors (Lipinski definition) is 0. The van der Waals surface area contributed by atoms with Gasteiger partial charge in [0, 0.05) is 0 Å². The number of hydrogen-bond acceptors (Lipinski definition) is 2. The monoisotopic (exact) mass is 372 g/mol. The Labute approximate surface area is 115 Å². The van der Waals surface area contributed by atoms with Crippen LogP contribution in [0.3, 0.4) is 0 Å². The Morgan fingerprint density at radius 3 is 1.31 bits per heavy atom. The molecule has 2 rings (SSSR count). The molecule has 0 aromatic carbocycles. The molecule has 0 spiro atoms. The third kappa shape index (κ3) is 2.83. The summed E-state index contributed by atoms with van der Waals surface area (Å²) in [7, 11) is 0. The first-order valence-electron chi connectivity index (χ1n) is 5.39. The first-order chi connectivity index (χ1) is 7.58. The van der Waals surface area contributed by atoms with Gasteiger partial charge >= 0.3 is 116 Å². The van der Waals surface area contributed by atoms with Crippen molar-refractivity contribution in [3.05, 3.63) is 24.3 Å². The van der Waals surface area contributed by atoms with Gasteiger partial charge in [0.1, 0.15) is 0 Å². The van der Waals surface area contributed by atoms with Gasteiger partial charge < -0.3 is 0 Å². The molecule has 84 valence electrons. The molecular weight excluding hydrogens is 353 g/mol. The summed E-state index contributed by atoms with van der Waals surface area (Å²) in [5.41, 5.74) is 0. The van der Waals surface area contributed by atoms with E-state index >= 15 is 0 Å². The summed E-state index contributed by atoms with van der Waals surface area (Å²) in [5.74, 6) is 9.71. The molecule has 0 aliphatic heterocycles. The van der Waals surface area contributed by atoms with E-state index in [1.54, 1.807) is 7.42 Å². The summed E-state index contributed by atoms with van der Waals surface area (Å²) in [6.07, 6.45) is 0. The molecule has 4 heteroatoms. The Bertz CT molecular complexity index is 425. The molecule has 0 atom stereocenters. The van der Waals surface area contributed by atoms with Crippen molar-refractivity contribution in [3.8, 4) is 9.75 Å². The average molecular weight is 370 g/mol. The van der Waals surface area contributed by atoms with Gasteiger partial charge in [-0.1, -0.05) is 0 Å². The predicted octanol–water partition coefficient (Wildman–Crippen LogP) is 3.40. The zero-order valence-corrected chi connectivity index (χ0v) is 16.0. The Morgan fingerprint density at radius 2 is 1.06 bits per heavy atom. The van der Waals surface area contributed by atoms with Gasteiger partial charge in [-0.2, -0.15) is 0 Å². The SMILES string of the molecule is [CH3][Ge]([CH3])[c]1ccc(-c2cc[c]([Ge]([CH3])[CH3])s2)s1. The van der Waals surface area contributed by atoms with Gasteiger partial charge in [-0.25, -0.2) is 0 Å². The Hall–Kier alpha value is 0.486. The molecule has 2 radical (unpaired) electrons. The summed E-state index contributed by atoms with van der Waals surface area (Å²) < 4.78 is 3.32. The van der Waals surface area contributed by atoms with Crippen molar-refractivity contribution < 1.29 is 0 Å². The molecule has 0 saturated heterocycles. The normalized spacial score (nSPS) is 11.6. The Morgan fingerprint density at radius 1 is 0.688 bits per heavy atom. The fourth-order valence-corrected chi connectivity index (χ4v) is 9.19. The van der Waals surface area contributed by atoms with E-state index in [0.717, 1.165) is 0 Å².